The molecule has 0 unspecified atom stereocenters. The van der Waals surface area contributed by atoms with Crippen LogP contribution in [-0.4, -0.2) is 10.2 Å². The van der Waals surface area contributed by atoms with E-state index in [0.717, 1.165) is 10.1 Å². The Morgan fingerprint density at radius 2 is 2.15 bits per heavy atom. The highest BCUT2D eigenvalue weighted by Gasteiger charge is 2.05. The standard InChI is InChI=1S/C10H10O2S/c1-6-5-13-10-3-9(12)7(4-11)2-8(6)10/h2-3,5,11-12H,4H2,1H3. The van der Waals surface area contributed by atoms with Crippen LogP contribution in [-0.2, 0) is 6.61 Å². The summed E-state index contributed by atoms with van der Waals surface area (Å²) in [7, 11) is 0. The topological polar surface area (TPSA) is 40.5 Å². The lowest BCUT2D eigenvalue weighted by Crippen LogP contribution is -1.83. The summed E-state index contributed by atoms with van der Waals surface area (Å²) >= 11 is 1.61. The number of aliphatic hydroxyl groups excluding tert-OH is 1. The normalized spacial score (nSPS) is 10.9. The van der Waals surface area contributed by atoms with E-state index in [-0.39, 0.29) is 12.4 Å². The summed E-state index contributed by atoms with van der Waals surface area (Å²) in [5.74, 6) is 0.178. The molecule has 0 saturated carbocycles. The Morgan fingerprint density at radius 1 is 1.38 bits per heavy atom. The van der Waals surface area contributed by atoms with E-state index >= 15 is 0 Å². The van der Waals surface area contributed by atoms with E-state index in [4.69, 9.17) is 5.11 Å². The van der Waals surface area contributed by atoms with Gasteiger partial charge in [-0.1, -0.05) is 0 Å². The fraction of sp³-hybridized carbons (Fsp3) is 0.200. The minimum Gasteiger partial charge on any atom is -0.508 e. The predicted octanol–water partition coefficient (Wildman–Crippen LogP) is 2.41. The van der Waals surface area contributed by atoms with Crippen molar-refractivity contribution >= 4 is 21.4 Å². The van der Waals surface area contributed by atoms with E-state index in [0.29, 0.717) is 5.56 Å². The van der Waals surface area contributed by atoms with Gasteiger partial charge in [-0.25, -0.2) is 0 Å². The van der Waals surface area contributed by atoms with Crippen LogP contribution in [0.25, 0.3) is 10.1 Å². The van der Waals surface area contributed by atoms with E-state index in [2.05, 4.69) is 0 Å². The van der Waals surface area contributed by atoms with Crippen molar-refractivity contribution in [3.8, 4) is 5.75 Å². The number of thiophene rings is 1. The van der Waals surface area contributed by atoms with Gasteiger partial charge >= 0.3 is 0 Å². The number of benzene rings is 1. The summed E-state index contributed by atoms with van der Waals surface area (Å²) < 4.78 is 1.06. The molecule has 1 heterocycles. The highest BCUT2D eigenvalue weighted by molar-refractivity contribution is 7.17. The average molecular weight is 194 g/mol. The third-order valence-electron chi connectivity index (χ3n) is 2.14. The van der Waals surface area contributed by atoms with Gasteiger partial charge in [0.05, 0.1) is 6.61 Å². The monoisotopic (exact) mass is 194 g/mol. The van der Waals surface area contributed by atoms with Gasteiger partial charge in [-0.05, 0) is 35.4 Å². The Kier molecular flexibility index (Phi) is 1.98. The molecule has 0 bridgehead atoms. The second kappa shape index (κ2) is 3.01. The molecule has 0 aliphatic heterocycles. The van der Waals surface area contributed by atoms with Crippen molar-refractivity contribution < 1.29 is 10.2 Å². The molecule has 3 heteroatoms. The maximum Gasteiger partial charge on any atom is 0.122 e. The zero-order valence-corrected chi connectivity index (χ0v) is 8.06. The maximum absolute atomic E-state index is 9.46. The Morgan fingerprint density at radius 3 is 2.85 bits per heavy atom. The number of hydrogen-bond acceptors (Lipinski definition) is 3. The van der Waals surface area contributed by atoms with Crippen molar-refractivity contribution in [3.05, 3.63) is 28.6 Å². The van der Waals surface area contributed by atoms with Crippen molar-refractivity contribution in [2.75, 3.05) is 0 Å². The zero-order valence-electron chi connectivity index (χ0n) is 7.24. The molecule has 2 N–H and O–H groups in total. The van der Waals surface area contributed by atoms with Crippen molar-refractivity contribution in [1.29, 1.82) is 0 Å². The Labute approximate surface area is 80.1 Å². The van der Waals surface area contributed by atoms with Gasteiger partial charge in [0.25, 0.3) is 0 Å². The second-order valence-corrected chi connectivity index (χ2v) is 3.97. The number of phenols is 1. The summed E-state index contributed by atoms with van der Waals surface area (Å²) in [6.45, 7) is 1.91. The molecule has 0 amide bonds. The highest BCUT2D eigenvalue weighted by atomic mass is 32.1. The molecular formula is C10H10O2S. The van der Waals surface area contributed by atoms with E-state index in [9.17, 15) is 5.11 Å². The Balaban J connectivity index is 2.77. The van der Waals surface area contributed by atoms with Gasteiger partial charge in [-0.15, -0.1) is 11.3 Å². The molecule has 2 aromatic rings. The van der Waals surface area contributed by atoms with Crippen LogP contribution in [0.4, 0.5) is 0 Å². The summed E-state index contributed by atoms with van der Waals surface area (Å²) in [6, 6.07) is 3.55. The summed E-state index contributed by atoms with van der Waals surface area (Å²) in [6.07, 6.45) is 0. The predicted molar refractivity (Wildman–Crippen MR) is 54.1 cm³/mol. The molecule has 0 radical (unpaired) electrons. The van der Waals surface area contributed by atoms with Gasteiger partial charge in [0.15, 0.2) is 0 Å². The number of rotatable bonds is 1. The van der Waals surface area contributed by atoms with Crippen LogP contribution in [0.5, 0.6) is 5.75 Å². The first-order valence-corrected chi connectivity index (χ1v) is 4.91. The van der Waals surface area contributed by atoms with Crippen LogP contribution < -0.4 is 0 Å². The van der Waals surface area contributed by atoms with Crippen LogP contribution in [0.15, 0.2) is 17.5 Å². The summed E-state index contributed by atoms with van der Waals surface area (Å²) in [5, 5.41) is 21.6. The first kappa shape index (κ1) is 8.53. The SMILES string of the molecule is Cc1csc2cc(O)c(CO)cc12. The van der Waals surface area contributed by atoms with Gasteiger partial charge < -0.3 is 10.2 Å². The average Bonchev–Trinajstić information content (AvgIpc) is 2.46. The van der Waals surface area contributed by atoms with E-state index in [1.165, 1.54) is 5.56 Å². The van der Waals surface area contributed by atoms with E-state index < -0.39 is 0 Å². The number of aromatic hydroxyl groups is 1. The van der Waals surface area contributed by atoms with Crippen molar-refractivity contribution in [2.45, 2.75) is 13.5 Å². The fourth-order valence-electron chi connectivity index (χ4n) is 1.36. The molecule has 1 aromatic heterocycles. The molecule has 1 aromatic carbocycles. The molecule has 13 heavy (non-hydrogen) atoms. The largest absolute Gasteiger partial charge is 0.508 e. The molecule has 68 valence electrons. The van der Waals surface area contributed by atoms with E-state index in [1.54, 1.807) is 17.4 Å². The molecule has 0 aliphatic carbocycles. The minimum absolute atomic E-state index is 0.114. The molecule has 0 atom stereocenters. The van der Waals surface area contributed by atoms with Gasteiger partial charge in [-0.2, -0.15) is 0 Å². The lowest BCUT2D eigenvalue weighted by atomic mass is 10.1. The second-order valence-electron chi connectivity index (χ2n) is 3.05. The Hall–Kier alpha value is -1.06. The summed E-state index contributed by atoms with van der Waals surface area (Å²) in [4.78, 5) is 0. The molecule has 2 rings (SSSR count). The van der Waals surface area contributed by atoms with Gasteiger partial charge in [0.2, 0.25) is 0 Å². The van der Waals surface area contributed by atoms with Gasteiger partial charge in [0, 0.05) is 10.3 Å². The van der Waals surface area contributed by atoms with Crippen molar-refractivity contribution in [3.63, 3.8) is 0 Å². The van der Waals surface area contributed by atoms with Crippen LogP contribution >= 0.6 is 11.3 Å². The van der Waals surface area contributed by atoms with Crippen LogP contribution in [0, 0.1) is 6.92 Å². The molecule has 0 saturated heterocycles. The lowest BCUT2D eigenvalue weighted by Gasteiger charge is -2.01. The smallest absolute Gasteiger partial charge is 0.122 e. The molecular weight excluding hydrogens is 184 g/mol. The first-order chi connectivity index (χ1) is 6.22. The van der Waals surface area contributed by atoms with Crippen LogP contribution in [0.1, 0.15) is 11.1 Å². The number of hydrogen-bond donors (Lipinski definition) is 2. The molecule has 0 aliphatic rings. The zero-order chi connectivity index (χ0) is 9.42. The Bertz CT molecular complexity index is 445. The molecule has 0 spiro atoms. The first-order valence-electron chi connectivity index (χ1n) is 4.03. The number of aliphatic hydroxyl groups is 1. The van der Waals surface area contributed by atoms with Crippen LogP contribution in [0.2, 0.25) is 0 Å². The number of fused-ring (bicyclic) bond motifs is 1. The molecule has 0 fully saturated rings. The van der Waals surface area contributed by atoms with Crippen molar-refractivity contribution in [1.82, 2.24) is 0 Å². The number of aryl methyl sites for hydroxylation is 1. The highest BCUT2D eigenvalue weighted by Crippen LogP contribution is 2.31. The van der Waals surface area contributed by atoms with Gasteiger partial charge in [-0.3, -0.25) is 0 Å². The maximum atomic E-state index is 9.46. The fourth-order valence-corrected chi connectivity index (χ4v) is 2.32. The van der Waals surface area contributed by atoms with Gasteiger partial charge in [0.1, 0.15) is 5.75 Å². The minimum atomic E-state index is -0.114. The van der Waals surface area contributed by atoms with Crippen molar-refractivity contribution in [2.24, 2.45) is 0 Å². The lowest BCUT2D eigenvalue weighted by molar-refractivity contribution is 0.276. The summed E-state index contributed by atoms with van der Waals surface area (Å²) in [5.41, 5.74) is 1.78. The van der Waals surface area contributed by atoms with Crippen LogP contribution in [0.3, 0.4) is 0 Å². The molecule has 2 nitrogen and oxygen atoms in total. The third kappa shape index (κ3) is 1.30. The van der Waals surface area contributed by atoms with E-state index in [1.807, 2.05) is 18.4 Å². The quantitative estimate of drug-likeness (QED) is 0.731. The third-order valence-corrected chi connectivity index (χ3v) is 3.20.